The van der Waals surface area contributed by atoms with Crippen molar-refractivity contribution in [2.24, 2.45) is 0 Å². The van der Waals surface area contributed by atoms with Crippen LogP contribution in [0.25, 0.3) is 10.2 Å². The van der Waals surface area contributed by atoms with E-state index in [1.54, 1.807) is 17.0 Å². The zero-order valence-corrected chi connectivity index (χ0v) is 21.4. The van der Waals surface area contributed by atoms with Crippen LogP contribution >= 0.6 is 11.3 Å². The highest BCUT2D eigenvalue weighted by molar-refractivity contribution is 7.91. The van der Waals surface area contributed by atoms with Gasteiger partial charge in [-0.15, -0.1) is 0 Å². The van der Waals surface area contributed by atoms with Crippen molar-refractivity contribution in [2.75, 3.05) is 17.8 Å². The molecule has 0 aliphatic rings. The Kier molecular flexibility index (Phi) is 7.83. The minimum absolute atomic E-state index is 0.107. The van der Waals surface area contributed by atoms with Gasteiger partial charge in [-0.05, 0) is 54.3 Å². The van der Waals surface area contributed by atoms with Crippen LogP contribution in [0.15, 0.2) is 77.7 Å². The van der Waals surface area contributed by atoms with Crippen LogP contribution in [0.2, 0.25) is 0 Å². The molecule has 0 atom stereocenters. The monoisotopic (exact) mass is 508 g/mol. The van der Waals surface area contributed by atoms with Crippen LogP contribution in [0.3, 0.4) is 0 Å². The molecule has 0 radical (unpaired) electrons. The van der Waals surface area contributed by atoms with E-state index in [0.29, 0.717) is 17.4 Å². The topological polar surface area (TPSA) is 76.6 Å². The summed E-state index contributed by atoms with van der Waals surface area (Å²) in [5.41, 5.74) is 3.05. The Morgan fingerprint density at radius 1 is 1.00 bits per heavy atom. The molecule has 0 saturated heterocycles. The SMILES string of the molecule is CCc1cccc2sc(N(Cc3ccccc3)C(=O)CCCS(=O)(=O)c3ccc(OC)cc3)nc12. The maximum absolute atomic E-state index is 13.4. The number of nitrogens with zero attached hydrogens (tertiary/aromatic N) is 2. The lowest BCUT2D eigenvalue weighted by Gasteiger charge is -2.20. The summed E-state index contributed by atoms with van der Waals surface area (Å²) in [7, 11) is -1.97. The Balaban J connectivity index is 1.52. The summed E-state index contributed by atoms with van der Waals surface area (Å²) >= 11 is 1.49. The summed E-state index contributed by atoms with van der Waals surface area (Å²) in [5, 5.41) is 0.632. The average Bonchev–Trinajstić information content (AvgIpc) is 3.32. The molecule has 0 fully saturated rings. The van der Waals surface area contributed by atoms with E-state index in [9.17, 15) is 13.2 Å². The zero-order chi connectivity index (χ0) is 24.8. The van der Waals surface area contributed by atoms with Gasteiger partial charge in [-0.3, -0.25) is 9.69 Å². The first-order chi connectivity index (χ1) is 16.9. The summed E-state index contributed by atoms with van der Waals surface area (Å²) < 4.78 is 31.6. The van der Waals surface area contributed by atoms with Gasteiger partial charge in [-0.25, -0.2) is 13.4 Å². The van der Waals surface area contributed by atoms with Gasteiger partial charge in [0.15, 0.2) is 15.0 Å². The molecule has 0 N–H and O–H groups in total. The molecule has 35 heavy (non-hydrogen) atoms. The molecule has 1 heterocycles. The molecular weight excluding hydrogens is 480 g/mol. The van der Waals surface area contributed by atoms with Gasteiger partial charge in [0, 0.05) is 6.42 Å². The first-order valence-electron chi connectivity index (χ1n) is 11.5. The number of amides is 1. The molecule has 0 aliphatic carbocycles. The average molecular weight is 509 g/mol. The third kappa shape index (κ3) is 5.89. The molecule has 182 valence electrons. The minimum Gasteiger partial charge on any atom is -0.497 e. The van der Waals surface area contributed by atoms with Gasteiger partial charge < -0.3 is 4.74 Å². The number of anilines is 1. The van der Waals surface area contributed by atoms with Crippen LogP contribution in [0, 0.1) is 0 Å². The van der Waals surface area contributed by atoms with Crippen molar-refractivity contribution in [3.05, 3.63) is 83.9 Å². The molecule has 8 heteroatoms. The minimum atomic E-state index is -3.50. The smallest absolute Gasteiger partial charge is 0.229 e. The number of carbonyl (C=O) groups excluding carboxylic acids is 1. The van der Waals surface area contributed by atoms with Crippen molar-refractivity contribution in [1.29, 1.82) is 0 Å². The van der Waals surface area contributed by atoms with Crippen LogP contribution in [0.5, 0.6) is 5.75 Å². The Hall–Kier alpha value is -3.23. The van der Waals surface area contributed by atoms with Crippen LogP contribution < -0.4 is 9.64 Å². The number of methoxy groups -OCH3 is 1. The third-order valence-electron chi connectivity index (χ3n) is 5.81. The molecule has 4 rings (SSSR count). The molecule has 3 aromatic carbocycles. The fourth-order valence-corrected chi connectivity index (χ4v) is 6.21. The summed E-state index contributed by atoms with van der Waals surface area (Å²) in [6, 6.07) is 22.1. The third-order valence-corrected chi connectivity index (χ3v) is 8.67. The number of ether oxygens (including phenoxy) is 1. The Morgan fingerprint density at radius 3 is 2.43 bits per heavy atom. The molecule has 0 aliphatic heterocycles. The second-order valence-electron chi connectivity index (χ2n) is 8.18. The van der Waals surface area contributed by atoms with Crippen LogP contribution in [0.1, 0.15) is 30.9 Å². The highest BCUT2D eigenvalue weighted by Crippen LogP contribution is 2.32. The summed E-state index contributed by atoms with van der Waals surface area (Å²) in [6.45, 7) is 2.47. The standard InChI is InChI=1S/C27H28N2O4S2/c1-3-21-11-7-12-24-26(21)28-27(34-24)29(19-20-9-5-4-6-10-20)25(30)13-8-18-35(31,32)23-16-14-22(33-2)15-17-23/h4-7,9-12,14-17H,3,8,13,18-19H2,1-2H3. The molecule has 4 aromatic rings. The second kappa shape index (κ2) is 11.0. The van der Waals surface area contributed by atoms with Crippen molar-refractivity contribution in [2.45, 2.75) is 37.6 Å². The van der Waals surface area contributed by atoms with Gasteiger partial charge in [-0.1, -0.05) is 60.7 Å². The fraction of sp³-hybridized carbons (Fsp3) is 0.259. The first kappa shape index (κ1) is 24.9. The summed E-state index contributed by atoms with van der Waals surface area (Å²) in [5.74, 6) is 0.345. The molecule has 0 spiro atoms. The number of thiazole rings is 1. The van der Waals surface area contributed by atoms with Crippen molar-refractivity contribution < 1.29 is 17.9 Å². The van der Waals surface area contributed by atoms with E-state index in [0.717, 1.165) is 27.8 Å². The molecule has 0 bridgehead atoms. The summed E-state index contributed by atoms with van der Waals surface area (Å²) in [6.07, 6.45) is 1.19. The van der Waals surface area contributed by atoms with Gasteiger partial charge >= 0.3 is 0 Å². The van der Waals surface area contributed by atoms with E-state index in [4.69, 9.17) is 9.72 Å². The molecule has 1 amide bonds. The molecule has 0 saturated carbocycles. The predicted octanol–water partition coefficient (Wildman–Crippen LogP) is 5.65. The predicted molar refractivity (Wildman–Crippen MR) is 141 cm³/mol. The second-order valence-corrected chi connectivity index (χ2v) is 11.3. The maximum Gasteiger partial charge on any atom is 0.229 e. The van der Waals surface area contributed by atoms with E-state index in [1.165, 1.54) is 30.6 Å². The van der Waals surface area contributed by atoms with E-state index in [1.807, 2.05) is 42.5 Å². The number of rotatable bonds is 10. The van der Waals surface area contributed by atoms with Gasteiger partial charge in [0.05, 0.1) is 34.5 Å². The van der Waals surface area contributed by atoms with Crippen LogP contribution in [-0.2, 0) is 27.6 Å². The van der Waals surface area contributed by atoms with Gasteiger partial charge in [0.25, 0.3) is 0 Å². The van der Waals surface area contributed by atoms with Crippen molar-refractivity contribution >= 4 is 42.4 Å². The number of para-hydroxylation sites is 1. The van der Waals surface area contributed by atoms with Gasteiger partial charge in [0.2, 0.25) is 5.91 Å². The number of sulfone groups is 1. The number of benzene rings is 3. The Bertz CT molecular complexity index is 1400. The number of fused-ring (bicyclic) bond motifs is 1. The highest BCUT2D eigenvalue weighted by atomic mass is 32.2. The van der Waals surface area contributed by atoms with E-state index in [2.05, 4.69) is 13.0 Å². The molecule has 6 nitrogen and oxygen atoms in total. The Morgan fingerprint density at radius 2 is 1.74 bits per heavy atom. The molecule has 1 aromatic heterocycles. The van der Waals surface area contributed by atoms with Gasteiger partial charge in [-0.2, -0.15) is 0 Å². The van der Waals surface area contributed by atoms with Crippen molar-refractivity contribution in [3.63, 3.8) is 0 Å². The fourth-order valence-electron chi connectivity index (χ4n) is 3.87. The largest absolute Gasteiger partial charge is 0.497 e. The van der Waals surface area contributed by atoms with E-state index in [-0.39, 0.29) is 29.4 Å². The number of aryl methyl sites for hydroxylation is 1. The first-order valence-corrected chi connectivity index (χ1v) is 14.0. The normalized spacial score (nSPS) is 11.5. The number of hydrogen-bond acceptors (Lipinski definition) is 6. The molecule has 0 unspecified atom stereocenters. The number of aromatic nitrogens is 1. The van der Waals surface area contributed by atoms with E-state index < -0.39 is 9.84 Å². The van der Waals surface area contributed by atoms with E-state index >= 15 is 0 Å². The van der Waals surface area contributed by atoms with Crippen LogP contribution in [-0.4, -0.2) is 32.2 Å². The quantitative estimate of drug-likeness (QED) is 0.276. The lowest BCUT2D eigenvalue weighted by atomic mass is 10.1. The zero-order valence-electron chi connectivity index (χ0n) is 19.8. The maximum atomic E-state index is 13.4. The summed E-state index contributed by atoms with van der Waals surface area (Å²) in [4.78, 5) is 20.1. The van der Waals surface area contributed by atoms with Crippen molar-refractivity contribution in [3.8, 4) is 5.75 Å². The lowest BCUT2D eigenvalue weighted by Crippen LogP contribution is -2.30. The number of hydrogen-bond donors (Lipinski definition) is 0. The van der Waals surface area contributed by atoms with Crippen molar-refractivity contribution in [1.82, 2.24) is 4.98 Å². The molecular formula is C27H28N2O4S2. The highest BCUT2D eigenvalue weighted by Gasteiger charge is 2.22. The van der Waals surface area contributed by atoms with Gasteiger partial charge in [0.1, 0.15) is 5.75 Å². The Labute approximate surface area is 210 Å². The lowest BCUT2D eigenvalue weighted by molar-refractivity contribution is -0.118. The van der Waals surface area contributed by atoms with Crippen LogP contribution in [0.4, 0.5) is 5.13 Å². The number of carbonyl (C=O) groups is 1.